The number of anilines is 1. The number of nitrogens with one attached hydrogen (secondary N) is 2. The molecule has 1 aromatic carbocycles. The van der Waals surface area contributed by atoms with Crippen LogP contribution >= 0.6 is 0 Å². The molecule has 0 spiro atoms. The summed E-state index contributed by atoms with van der Waals surface area (Å²) in [5, 5.41) is 5.73. The van der Waals surface area contributed by atoms with Crippen LogP contribution in [0.4, 0.5) is 5.69 Å². The third-order valence-electron chi connectivity index (χ3n) is 4.10. The molecule has 2 N–H and O–H groups in total. The number of carbonyl (C=O) groups excluding carboxylic acids is 2. The van der Waals surface area contributed by atoms with Crippen LogP contribution in [0.2, 0.25) is 0 Å². The van der Waals surface area contributed by atoms with Gasteiger partial charge in [0.2, 0.25) is 12.4 Å². The van der Waals surface area contributed by atoms with Gasteiger partial charge in [-0.05, 0) is 37.8 Å². The quantitative estimate of drug-likeness (QED) is 0.453. The summed E-state index contributed by atoms with van der Waals surface area (Å²) < 4.78 is 5.27. The zero-order valence-electron chi connectivity index (χ0n) is 14.2. The molecule has 2 rings (SSSR count). The number of allylic oxidation sites excluding steroid dienone is 1. The molecule has 0 saturated heterocycles. The molecule has 7 nitrogen and oxygen atoms in total. The molecule has 0 aliphatic heterocycles. The molecule has 1 saturated carbocycles. The number of benzene rings is 1. The van der Waals surface area contributed by atoms with Crippen molar-refractivity contribution in [2.75, 3.05) is 12.4 Å². The number of carbonyl (C=O) groups is 2. The molecule has 25 heavy (non-hydrogen) atoms. The average molecular weight is 342 g/mol. The van der Waals surface area contributed by atoms with E-state index in [-0.39, 0.29) is 5.96 Å². The molecule has 1 aliphatic rings. The van der Waals surface area contributed by atoms with Gasteiger partial charge >= 0.3 is 0 Å². The molecule has 7 heteroatoms. The highest BCUT2D eigenvalue weighted by Crippen LogP contribution is 2.29. The summed E-state index contributed by atoms with van der Waals surface area (Å²) >= 11 is 0. The Hall–Kier alpha value is -2.96. The van der Waals surface area contributed by atoms with Crippen molar-refractivity contribution in [2.45, 2.75) is 25.7 Å². The molecule has 132 valence electrons. The minimum absolute atomic E-state index is 0.264. The fraction of sp³-hybridized carbons (Fsp3) is 0.333. The van der Waals surface area contributed by atoms with Gasteiger partial charge in [0.15, 0.2) is 0 Å². The number of hydrogen-bond acceptors (Lipinski definition) is 4. The van der Waals surface area contributed by atoms with E-state index in [1.54, 1.807) is 24.4 Å². The summed E-state index contributed by atoms with van der Waals surface area (Å²) in [6.07, 6.45) is 7.38. The van der Waals surface area contributed by atoms with Crippen LogP contribution < -0.4 is 15.4 Å². The van der Waals surface area contributed by atoms with E-state index < -0.39 is 0 Å². The third kappa shape index (κ3) is 5.00. The molecule has 0 radical (unpaired) electrons. The molecule has 0 atom stereocenters. The summed E-state index contributed by atoms with van der Waals surface area (Å²) in [5.41, 5.74) is 1.89. The number of rotatable bonds is 7. The monoisotopic (exact) mass is 342 g/mol. The molecular weight excluding hydrogens is 320 g/mol. The Morgan fingerprint density at radius 2 is 2.08 bits per heavy atom. The number of aliphatic imine (C=N–C) groups is 2. The highest BCUT2D eigenvalue weighted by Gasteiger charge is 2.19. The second-order valence-corrected chi connectivity index (χ2v) is 5.64. The minimum Gasteiger partial charge on any atom is -0.495 e. The SMILES string of the molecule is C=NC(=N/C=C(/NC=O)C1CCCC1)Nc1ccc(C=O)cc1OC. The third-order valence-corrected chi connectivity index (χ3v) is 4.10. The summed E-state index contributed by atoms with van der Waals surface area (Å²) in [4.78, 5) is 29.8. The number of ether oxygens (including phenoxy) is 1. The molecule has 0 unspecified atom stereocenters. The van der Waals surface area contributed by atoms with E-state index in [1.807, 2.05) is 0 Å². The van der Waals surface area contributed by atoms with Gasteiger partial charge < -0.3 is 15.4 Å². The first-order valence-corrected chi connectivity index (χ1v) is 8.06. The number of amides is 1. The van der Waals surface area contributed by atoms with Crippen LogP contribution in [0.3, 0.4) is 0 Å². The largest absolute Gasteiger partial charge is 0.495 e. The Labute approximate surface area is 146 Å². The van der Waals surface area contributed by atoms with Crippen molar-refractivity contribution in [3.05, 3.63) is 35.7 Å². The maximum Gasteiger partial charge on any atom is 0.226 e. The lowest BCUT2D eigenvalue weighted by atomic mass is 10.1. The predicted molar refractivity (Wildman–Crippen MR) is 98.2 cm³/mol. The number of methoxy groups -OCH3 is 1. The molecule has 0 bridgehead atoms. The standard InChI is InChI=1S/C18H22N4O3/c1-19-18(20-10-16(21-12-24)14-5-3-4-6-14)22-15-8-7-13(11-23)9-17(15)25-2/h7-12,14H,1,3-6H2,2H3,(H,20,22)(H,21,24)/b16-10+. The van der Waals surface area contributed by atoms with Gasteiger partial charge in [0.25, 0.3) is 0 Å². The van der Waals surface area contributed by atoms with E-state index in [0.29, 0.717) is 29.3 Å². The van der Waals surface area contributed by atoms with Gasteiger partial charge in [0, 0.05) is 17.2 Å². The normalized spacial score (nSPS) is 15.6. The van der Waals surface area contributed by atoms with Crippen LogP contribution in [0.25, 0.3) is 0 Å². The lowest BCUT2D eigenvalue weighted by molar-refractivity contribution is -0.109. The fourth-order valence-corrected chi connectivity index (χ4v) is 2.81. The highest BCUT2D eigenvalue weighted by molar-refractivity contribution is 5.98. The number of guanidine groups is 1. The van der Waals surface area contributed by atoms with Crippen molar-refractivity contribution in [1.29, 1.82) is 0 Å². The van der Waals surface area contributed by atoms with Crippen LogP contribution in [-0.2, 0) is 4.79 Å². The first kappa shape index (κ1) is 18.4. The van der Waals surface area contributed by atoms with Gasteiger partial charge in [-0.15, -0.1) is 0 Å². The smallest absolute Gasteiger partial charge is 0.226 e. The fourth-order valence-electron chi connectivity index (χ4n) is 2.81. The zero-order valence-corrected chi connectivity index (χ0v) is 14.2. The van der Waals surface area contributed by atoms with E-state index in [4.69, 9.17) is 4.74 Å². The molecular formula is C18H22N4O3. The Balaban J connectivity index is 2.21. The van der Waals surface area contributed by atoms with Crippen LogP contribution in [0.5, 0.6) is 5.75 Å². The summed E-state index contributed by atoms with van der Waals surface area (Å²) in [6, 6.07) is 4.98. The van der Waals surface area contributed by atoms with Gasteiger partial charge in [-0.25, -0.2) is 9.98 Å². The second kappa shape index (κ2) is 9.36. The van der Waals surface area contributed by atoms with E-state index in [2.05, 4.69) is 27.3 Å². The molecule has 1 amide bonds. The first-order valence-electron chi connectivity index (χ1n) is 8.06. The Morgan fingerprint density at radius 1 is 1.32 bits per heavy atom. The zero-order chi connectivity index (χ0) is 18.1. The summed E-state index contributed by atoms with van der Waals surface area (Å²) in [7, 11) is 1.51. The van der Waals surface area contributed by atoms with Gasteiger partial charge in [0.1, 0.15) is 12.0 Å². The van der Waals surface area contributed by atoms with Gasteiger partial charge in [-0.3, -0.25) is 9.59 Å². The molecule has 0 heterocycles. The maximum absolute atomic E-state index is 10.9. The number of nitrogens with zero attached hydrogens (tertiary/aromatic N) is 2. The van der Waals surface area contributed by atoms with E-state index in [1.165, 1.54) is 7.11 Å². The van der Waals surface area contributed by atoms with Crippen LogP contribution in [0, 0.1) is 5.92 Å². The Bertz CT molecular complexity index is 692. The molecule has 0 aromatic heterocycles. The van der Waals surface area contributed by atoms with Crippen LogP contribution in [0.1, 0.15) is 36.0 Å². The average Bonchev–Trinajstić information content (AvgIpc) is 3.18. The van der Waals surface area contributed by atoms with Gasteiger partial charge in [-0.2, -0.15) is 0 Å². The lowest BCUT2D eigenvalue weighted by Crippen LogP contribution is -2.17. The van der Waals surface area contributed by atoms with Crippen molar-refractivity contribution >= 4 is 31.1 Å². The van der Waals surface area contributed by atoms with Crippen LogP contribution in [-0.4, -0.2) is 32.5 Å². The van der Waals surface area contributed by atoms with Crippen molar-refractivity contribution in [3.63, 3.8) is 0 Å². The minimum atomic E-state index is 0.264. The number of aldehydes is 1. The maximum atomic E-state index is 10.9. The van der Waals surface area contributed by atoms with Gasteiger partial charge in [-0.1, -0.05) is 12.8 Å². The molecule has 1 aromatic rings. The van der Waals surface area contributed by atoms with Crippen molar-refractivity contribution in [1.82, 2.24) is 5.32 Å². The van der Waals surface area contributed by atoms with Gasteiger partial charge in [0.05, 0.1) is 19.0 Å². The van der Waals surface area contributed by atoms with E-state index >= 15 is 0 Å². The van der Waals surface area contributed by atoms with Crippen LogP contribution in [0.15, 0.2) is 40.1 Å². The topological polar surface area (TPSA) is 92.1 Å². The summed E-state index contributed by atoms with van der Waals surface area (Å²) in [6.45, 7) is 3.51. The lowest BCUT2D eigenvalue weighted by Gasteiger charge is -2.13. The van der Waals surface area contributed by atoms with Crippen molar-refractivity contribution < 1.29 is 14.3 Å². The Kier molecular flexibility index (Phi) is 6.88. The van der Waals surface area contributed by atoms with E-state index in [9.17, 15) is 9.59 Å². The second-order valence-electron chi connectivity index (χ2n) is 5.64. The molecule has 1 aliphatic carbocycles. The van der Waals surface area contributed by atoms with Crippen molar-refractivity contribution in [3.8, 4) is 5.75 Å². The highest BCUT2D eigenvalue weighted by atomic mass is 16.5. The molecule has 1 fully saturated rings. The van der Waals surface area contributed by atoms with E-state index in [0.717, 1.165) is 37.7 Å². The number of hydrogen-bond donors (Lipinski definition) is 2. The van der Waals surface area contributed by atoms with Crippen molar-refractivity contribution in [2.24, 2.45) is 15.9 Å². The predicted octanol–water partition coefficient (Wildman–Crippen LogP) is 2.75. The summed E-state index contributed by atoms with van der Waals surface area (Å²) in [5.74, 6) is 1.06. The Morgan fingerprint density at radius 3 is 2.68 bits per heavy atom. The first-order chi connectivity index (χ1) is 12.2.